The molecule has 2 N–H and O–H groups in total. The van der Waals surface area contributed by atoms with E-state index in [4.69, 9.17) is 4.74 Å². The summed E-state index contributed by atoms with van der Waals surface area (Å²) in [5, 5.41) is 13.4. The van der Waals surface area contributed by atoms with Crippen LogP contribution in [0.5, 0.6) is 5.75 Å². The van der Waals surface area contributed by atoms with Crippen LogP contribution in [0.15, 0.2) is 36.4 Å². The number of carbonyl (C=O) groups is 1. The third kappa shape index (κ3) is 3.74. The first kappa shape index (κ1) is 21.2. The summed E-state index contributed by atoms with van der Waals surface area (Å²) in [6.07, 6.45) is 0.978. The number of aromatic carboxylic acids is 1. The molecule has 0 amide bonds. The smallest absolute Gasteiger partial charge is 0.341 e. The molecular formula is C23H26N3O5S-. The second-order valence-corrected chi connectivity index (χ2v) is 9.52. The molecular weight excluding hydrogens is 430 g/mol. The molecule has 2 aromatic carbocycles. The Bertz CT molecular complexity index is 1070. The Balaban J connectivity index is 1.50. The van der Waals surface area contributed by atoms with Crippen molar-refractivity contribution < 1.29 is 23.4 Å². The van der Waals surface area contributed by atoms with Crippen LogP contribution in [0.3, 0.4) is 0 Å². The molecule has 2 aromatic rings. The molecule has 2 heterocycles. The number of ether oxygens (including phenoxy) is 1. The van der Waals surface area contributed by atoms with Crippen molar-refractivity contribution >= 4 is 34.3 Å². The fraction of sp³-hybridized carbons (Fsp3) is 0.435. The van der Waals surface area contributed by atoms with Crippen molar-refractivity contribution in [1.82, 2.24) is 4.90 Å². The fourth-order valence-electron chi connectivity index (χ4n) is 4.82. The molecule has 3 unspecified atom stereocenters. The van der Waals surface area contributed by atoms with Gasteiger partial charge in [-0.3, -0.25) is 8.51 Å². The maximum absolute atomic E-state index is 12.4. The average molecular weight is 457 g/mol. The number of hydrogen-bond acceptors (Lipinski definition) is 6. The molecule has 0 spiro atoms. The lowest BCUT2D eigenvalue weighted by Crippen LogP contribution is -2.49. The standard InChI is InChI=1S/C23H27N3O5S/c1-2-25-11-14(12-25)10-24-18-5-3-4-6-19(18)26(32(29)30)20-8-7-16-17-9-15(17)13-31-22(16)21(20)23(27)28/h3-8,14-15,17,24H,2,9-13H2,1H3,(H,27,28)(H,29,30)/p-1. The first-order valence-electron chi connectivity index (χ1n) is 11.0. The number of carboxylic acids is 1. The van der Waals surface area contributed by atoms with Gasteiger partial charge in [-0.05, 0) is 42.6 Å². The largest absolute Gasteiger partial charge is 0.755 e. The average Bonchev–Trinajstić information content (AvgIpc) is 3.53. The number of fused-ring (bicyclic) bond motifs is 3. The Morgan fingerprint density at radius 2 is 2.06 bits per heavy atom. The van der Waals surface area contributed by atoms with Crippen molar-refractivity contribution in [3.8, 4) is 5.75 Å². The number of benzene rings is 2. The summed E-state index contributed by atoms with van der Waals surface area (Å²) in [5.74, 6) is 0.318. The minimum absolute atomic E-state index is 0.0822. The van der Waals surface area contributed by atoms with Gasteiger partial charge < -0.3 is 24.6 Å². The molecule has 0 radical (unpaired) electrons. The van der Waals surface area contributed by atoms with E-state index in [0.717, 1.165) is 42.5 Å². The van der Waals surface area contributed by atoms with Gasteiger partial charge in [-0.1, -0.05) is 25.1 Å². The molecule has 3 aliphatic rings. The summed E-state index contributed by atoms with van der Waals surface area (Å²) in [4.78, 5) is 14.6. The highest BCUT2D eigenvalue weighted by molar-refractivity contribution is 7.81. The number of para-hydroxylation sites is 2. The van der Waals surface area contributed by atoms with Gasteiger partial charge in [0.1, 0.15) is 11.3 Å². The first-order chi connectivity index (χ1) is 15.5. The Labute approximate surface area is 189 Å². The van der Waals surface area contributed by atoms with Crippen molar-refractivity contribution in [1.29, 1.82) is 0 Å². The molecule has 0 bridgehead atoms. The van der Waals surface area contributed by atoms with E-state index >= 15 is 0 Å². The normalized spacial score (nSPS) is 22.7. The summed E-state index contributed by atoms with van der Waals surface area (Å²) in [6, 6.07) is 10.5. The van der Waals surface area contributed by atoms with Crippen LogP contribution in [0.1, 0.15) is 35.2 Å². The Morgan fingerprint density at radius 3 is 2.78 bits per heavy atom. The Kier molecular flexibility index (Phi) is 5.56. The molecule has 2 aliphatic heterocycles. The Morgan fingerprint density at radius 1 is 1.28 bits per heavy atom. The van der Waals surface area contributed by atoms with Crippen molar-refractivity contribution in [2.24, 2.45) is 11.8 Å². The van der Waals surface area contributed by atoms with E-state index < -0.39 is 17.2 Å². The second kappa shape index (κ2) is 8.38. The van der Waals surface area contributed by atoms with E-state index in [1.165, 1.54) is 0 Å². The molecule has 3 atom stereocenters. The lowest BCUT2D eigenvalue weighted by molar-refractivity contribution is 0.0692. The van der Waals surface area contributed by atoms with Gasteiger partial charge >= 0.3 is 5.97 Å². The van der Waals surface area contributed by atoms with E-state index in [2.05, 4.69) is 17.1 Å². The lowest BCUT2D eigenvalue weighted by atomic mass is 9.99. The van der Waals surface area contributed by atoms with Gasteiger partial charge in [0.25, 0.3) is 0 Å². The third-order valence-corrected chi connectivity index (χ3v) is 7.39. The fourth-order valence-corrected chi connectivity index (χ4v) is 5.46. The maximum Gasteiger partial charge on any atom is 0.341 e. The summed E-state index contributed by atoms with van der Waals surface area (Å²) >= 11 is -2.73. The van der Waals surface area contributed by atoms with Gasteiger partial charge in [0, 0.05) is 31.5 Å². The molecule has 5 rings (SSSR count). The van der Waals surface area contributed by atoms with Gasteiger partial charge in [0.05, 0.1) is 34.9 Å². The highest BCUT2D eigenvalue weighted by Gasteiger charge is 2.45. The van der Waals surface area contributed by atoms with Gasteiger partial charge in [-0.15, -0.1) is 0 Å². The third-order valence-electron chi connectivity index (χ3n) is 6.70. The summed E-state index contributed by atoms with van der Waals surface area (Å²) in [6.45, 7) is 6.36. The van der Waals surface area contributed by atoms with Crippen molar-refractivity contribution in [2.45, 2.75) is 19.3 Å². The number of nitrogens with one attached hydrogen (secondary N) is 1. The molecule has 1 saturated heterocycles. The number of carboxylic acid groups (broad SMARTS) is 1. The first-order valence-corrected chi connectivity index (χ1v) is 12.0. The molecule has 8 nitrogen and oxygen atoms in total. The van der Waals surface area contributed by atoms with Gasteiger partial charge in [-0.25, -0.2) is 4.79 Å². The van der Waals surface area contributed by atoms with Crippen LogP contribution in [-0.4, -0.2) is 57.5 Å². The van der Waals surface area contributed by atoms with E-state index in [9.17, 15) is 18.7 Å². The number of anilines is 3. The zero-order chi connectivity index (χ0) is 22.4. The van der Waals surface area contributed by atoms with Gasteiger partial charge in [0.2, 0.25) is 0 Å². The number of rotatable bonds is 8. The predicted molar refractivity (Wildman–Crippen MR) is 121 cm³/mol. The van der Waals surface area contributed by atoms with Gasteiger partial charge in [0.15, 0.2) is 0 Å². The zero-order valence-electron chi connectivity index (χ0n) is 17.8. The van der Waals surface area contributed by atoms with Crippen molar-refractivity contribution in [2.75, 3.05) is 42.4 Å². The molecule has 1 aliphatic carbocycles. The molecule has 1 saturated carbocycles. The molecule has 0 aromatic heterocycles. The van der Waals surface area contributed by atoms with Crippen LogP contribution in [0.2, 0.25) is 0 Å². The highest BCUT2D eigenvalue weighted by Crippen LogP contribution is 2.56. The summed E-state index contributed by atoms with van der Waals surface area (Å²) in [7, 11) is 0. The van der Waals surface area contributed by atoms with Crippen LogP contribution in [0.25, 0.3) is 0 Å². The number of likely N-dealkylation sites (tertiary alicyclic amines) is 1. The minimum Gasteiger partial charge on any atom is -0.755 e. The van der Waals surface area contributed by atoms with Crippen molar-refractivity contribution in [3.05, 3.63) is 47.5 Å². The van der Waals surface area contributed by atoms with E-state index in [0.29, 0.717) is 41.5 Å². The highest BCUT2D eigenvalue weighted by atomic mass is 32.2. The lowest BCUT2D eigenvalue weighted by Gasteiger charge is -2.39. The monoisotopic (exact) mass is 456 g/mol. The maximum atomic E-state index is 12.4. The van der Waals surface area contributed by atoms with Crippen LogP contribution in [0.4, 0.5) is 17.1 Å². The van der Waals surface area contributed by atoms with Crippen LogP contribution < -0.4 is 14.4 Å². The van der Waals surface area contributed by atoms with E-state index in [1.54, 1.807) is 18.2 Å². The molecule has 170 valence electrons. The zero-order valence-corrected chi connectivity index (χ0v) is 18.6. The molecule has 2 fully saturated rings. The van der Waals surface area contributed by atoms with E-state index in [1.807, 2.05) is 18.2 Å². The van der Waals surface area contributed by atoms with Crippen LogP contribution in [0, 0.1) is 11.8 Å². The summed E-state index contributed by atoms with van der Waals surface area (Å²) < 4.78 is 31.7. The number of hydrogen-bond donors (Lipinski definition) is 2. The predicted octanol–water partition coefficient (Wildman–Crippen LogP) is 3.18. The van der Waals surface area contributed by atoms with E-state index in [-0.39, 0.29) is 11.3 Å². The van der Waals surface area contributed by atoms with Gasteiger partial charge in [-0.2, -0.15) is 0 Å². The Hall–Kier alpha value is -2.62. The SMILES string of the molecule is CCN1CC(CNc2ccccc2N(c2ccc3c(c2C(=O)O)OCC2CC32)S(=O)[O-])C1. The quantitative estimate of drug-likeness (QED) is 0.588. The minimum atomic E-state index is -2.73. The number of nitrogens with zero attached hydrogens (tertiary/aromatic N) is 2. The molecule has 9 heteroatoms. The van der Waals surface area contributed by atoms with Crippen molar-refractivity contribution in [3.63, 3.8) is 0 Å². The summed E-state index contributed by atoms with van der Waals surface area (Å²) in [5.41, 5.74) is 1.86. The van der Waals surface area contributed by atoms with Crippen LogP contribution in [-0.2, 0) is 11.3 Å². The second-order valence-electron chi connectivity index (χ2n) is 8.72. The topological polar surface area (TPSA) is 105 Å². The van der Waals surface area contributed by atoms with Crippen LogP contribution >= 0.6 is 0 Å². The molecule has 32 heavy (non-hydrogen) atoms.